The van der Waals surface area contributed by atoms with E-state index in [1.54, 1.807) is 19.1 Å². The number of methoxy groups -OCH3 is 2. The molecule has 0 aliphatic rings. The lowest BCUT2D eigenvalue weighted by atomic mass is 10.1. The first-order chi connectivity index (χ1) is 14.7. The van der Waals surface area contributed by atoms with Crippen molar-refractivity contribution in [2.75, 3.05) is 20.8 Å². The predicted octanol–water partition coefficient (Wildman–Crippen LogP) is 4.19. The second-order valence-corrected chi connectivity index (χ2v) is 6.27. The van der Waals surface area contributed by atoms with Gasteiger partial charge in [0, 0.05) is 6.54 Å². The van der Waals surface area contributed by atoms with Gasteiger partial charge in [0.05, 0.1) is 32.0 Å². The van der Waals surface area contributed by atoms with Gasteiger partial charge in [0.15, 0.2) is 0 Å². The maximum Gasteiger partial charge on any atom is 0.416 e. The average Bonchev–Trinajstić information content (AvgIpc) is 2.75. The van der Waals surface area contributed by atoms with Gasteiger partial charge in [-0.05, 0) is 48.4 Å². The standard InChI is InChI=1S/C22H22F3NO5/c1-4-31-21(28)19(30-3)12-15-7-10-18(29-2)17(11-15)20(27)26-13-14-5-8-16(9-6-14)22(23,24)25/h5-12H,4,13H2,1-3H3,(H,26,27)/b19-12+. The lowest BCUT2D eigenvalue weighted by molar-refractivity contribution is -0.142. The van der Waals surface area contributed by atoms with Crippen LogP contribution in [0.2, 0.25) is 0 Å². The van der Waals surface area contributed by atoms with E-state index in [9.17, 15) is 22.8 Å². The number of ether oxygens (including phenoxy) is 3. The number of nitrogens with one attached hydrogen (secondary N) is 1. The second kappa shape index (κ2) is 10.5. The van der Waals surface area contributed by atoms with Gasteiger partial charge in [0.1, 0.15) is 5.75 Å². The van der Waals surface area contributed by atoms with E-state index in [0.717, 1.165) is 12.1 Å². The summed E-state index contributed by atoms with van der Waals surface area (Å²) in [7, 11) is 2.72. The van der Waals surface area contributed by atoms with Crippen molar-refractivity contribution in [3.05, 3.63) is 70.5 Å². The third-order valence-electron chi connectivity index (χ3n) is 4.20. The Morgan fingerprint density at radius 1 is 1.06 bits per heavy atom. The zero-order valence-electron chi connectivity index (χ0n) is 17.2. The van der Waals surface area contributed by atoms with Crippen LogP contribution in [0.3, 0.4) is 0 Å². The number of carbonyl (C=O) groups is 2. The summed E-state index contributed by atoms with van der Waals surface area (Å²) in [4.78, 5) is 24.5. The third kappa shape index (κ3) is 6.50. The van der Waals surface area contributed by atoms with Gasteiger partial charge < -0.3 is 19.5 Å². The molecule has 166 valence electrons. The smallest absolute Gasteiger partial charge is 0.416 e. The maximum absolute atomic E-state index is 12.7. The number of halogens is 3. The number of hydrogen-bond donors (Lipinski definition) is 1. The largest absolute Gasteiger partial charge is 0.496 e. The summed E-state index contributed by atoms with van der Waals surface area (Å²) in [5.41, 5.74) is 0.410. The van der Waals surface area contributed by atoms with Gasteiger partial charge in [0.2, 0.25) is 5.76 Å². The van der Waals surface area contributed by atoms with Crippen molar-refractivity contribution in [2.45, 2.75) is 19.6 Å². The fourth-order valence-corrected chi connectivity index (χ4v) is 2.64. The molecule has 2 aromatic rings. The molecule has 0 heterocycles. The summed E-state index contributed by atoms with van der Waals surface area (Å²) in [6, 6.07) is 9.18. The fraction of sp³-hybridized carbons (Fsp3) is 0.273. The molecule has 31 heavy (non-hydrogen) atoms. The van der Waals surface area contributed by atoms with Crippen LogP contribution in [0.25, 0.3) is 6.08 Å². The van der Waals surface area contributed by atoms with Crippen LogP contribution >= 0.6 is 0 Å². The predicted molar refractivity (Wildman–Crippen MR) is 107 cm³/mol. The molecule has 6 nitrogen and oxygen atoms in total. The number of amides is 1. The van der Waals surface area contributed by atoms with Crippen LogP contribution in [0.5, 0.6) is 5.75 Å². The Balaban J connectivity index is 2.19. The fourth-order valence-electron chi connectivity index (χ4n) is 2.64. The summed E-state index contributed by atoms with van der Waals surface area (Å²) in [5, 5.41) is 2.64. The lowest BCUT2D eigenvalue weighted by Gasteiger charge is -2.12. The highest BCUT2D eigenvalue weighted by molar-refractivity contribution is 5.98. The number of rotatable bonds is 8. The maximum atomic E-state index is 12.7. The van der Waals surface area contributed by atoms with Crippen molar-refractivity contribution in [1.29, 1.82) is 0 Å². The lowest BCUT2D eigenvalue weighted by Crippen LogP contribution is -2.23. The third-order valence-corrected chi connectivity index (χ3v) is 4.20. The Bertz CT molecular complexity index is 953. The van der Waals surface area contributed by atoms with Crippen molar-refractivity contribution >= 4 is 18.0 Å². The zero-order valence-corrected chi connectivity index (χ0v) is 17.2. The minimum Gasteiger partial charge on any atom is -0.496 e. The quantitative estimate of drug-likeness (QED) is 0.381. The summed E-state index contributed by atoms with van der Waals surface area (Å²) in [5.74, 6) is -0.892. The molecule has 1 N–H and O–H groups in total. The average molecular weight is 437 g/mol. The molecule has 1 amide bonds. The molecule has 0 spiro atoms. The molecular weight excluding hydrogens is 415 g/mol. The van der Waals surface area contributed by atoms with Crippen molar-refractivity contribution in [3.8, 4) is 5.75 Å². The first-order valence-corrected chi connectivity index (χ1v) is 9.24. The summed E-state index contributed by atoms with van der Waals surface area (Å²) in [6.45, 7) is 1.86. The second-order valence-electron chi connectivity index (χ2n) is 6.27. The number of hydrogen-bond acceptors (Lipinski definition) is 5. The van der Waals surface area contributed by atoms with E-state index < -0.39 is 23.6 Å². The molecule has 2 aromatic carbocycles. The van der Waals surface area contributed by atoms with Crippen molar-refractivity contribution in [1.82, 2.24) is 5.32 Å². The highest BCUT2D eigenvalue weighted by Gasteiger charge is 2.29. The van der Waals surface area contributed by atoms with Crippen LogP contribution in [0.15, 0.2) is 48.2 Å². The van der Waals surface area contributed by atoms with Gasteiger partial charge in [-0.25, -0.2) is 4.79 Å². The van der Waals surface area contributed by atoms with E-state index >= 15 is 0 Å². The Morgan fingerprint density at radius 2 is 1.74 bits per heavy atom. The zero-order chi connectivity index (χ0) is 23.0. The molecule has 0 saturated carbocycles. The molecule has 0 unspecified atom stereocenters. The Kier molecular flexibility index (Phi) is 8.07. The Morgan fingerprint density at radius 3 is 2.29 bits per heavy atom. The van der Waals surface area contributed by atoms with E-state index in [2.05, 4.69) is 5.32 Å². The normalized spacial score (nSPS) is 11.6. The van der Waals surface area contributed by atoms with Crippen LogP contribution in [0.1, 0.15) is 34.0 Å². The molecule has 2 rings (SSSR count). The van der Waals surface area contributed by atoms with Gasteiger partial charge in [-0.15, -0.1) is 0 Å². The Hall–Kier alpha value is -3.49. The number of benzene rings is 2. The molecule has 0 aliphatic carbocycles. The molecule has 0 fully saturated rings. The monoisotopic (exact) mass is 437 g/mol. The van der Waals surface area contributed by atoms with Gasteiger partial charge in [-0.3, -0.25) is 4.79 Å². The topological polar surface area (TPSA) is 73.9 Å². The first kappa shape index (κ1) is 23.8. The van der Waals surface area contributed by atoms with E-state index in [1.165, 1.54) is 38.5 Å². The van der Waals surface area contributed by atoms with Gasteiger partial charge in [0.25, 0.3) is 5.91 Å². The minimum atomic E-state index is -4.42. The Labute approximate surface area is 177 Å². The molecule has 0 aliphatic heterocycles. The summed E-state index contributed by atoms with van der Waals surface area (Å²) >= 11 is 0. The minimum absolute atomic E-state index is 0.0202. The summed E-state index contributed by atoms with van der Waals surface area (Å²) < 4.78 is 53.1. The van der Waals surface area contributed by atoms with Crippen LogP contribution < -0.4 is 10.1 Å². The SMILES string of the molecule is CCOC(=O)/C(=C\c1ccc(OC)c(C(=O)NCc2ccc(C(F)(F)F)cc2)c1)OC. The van der Waals surface area contributed by atoms with Crippen LogP contribution in [-0.4, -0.2) is 32.7 Å². The number of alkyl halides is 3. The molecule has 0 saturated heterocycles. The summed E-state index contributed by atoms with van der Waals surface area (Å²) in [6.07, 6.45) is -3.00. The van der Waals surface area contributed by atoms with Crippen LogP contribution in [-0.2, 0) is 27.0 Å². The molecular formula is C22H22F3NO5. The van der Waals surface area contributed by atoms with Crippen LogP contribution in [0, 0.1) is 0 Å². The highest BCUT2D eigenvalue weighted by atomic mass is 19.4. The van der Waals surface area contributed by atoms with E-state index in [-0.39, 0.29) is 30.2 Å². The van der Waals surface area contributed by atoms with Crippen molar-refractivity contribution in [3.63, 3.8) is 0 Å². The van der Waals surface area contributed by atoms with E-state index in [0.29, 0.717) is 11.1 Å². The number of esters is 1. The number of carbonyl (C=O) groups excluding carboxylic acids is 2. The van der Waals surface area contributed by atoms with Crippen molar-refractivity contribution in [2.24, 2.45) is 0 Å². The van der Waals surface area contributed by atoms with E-state index in [1.807, 2.05) is 0 Å². The van der Waals surface area contributed by atoms with Crippen LogP contribution in [0.4, 0.5) is 13.2 Å². The van der Waals surface area contributed by atoms with Crippen molar-refractivity contribution < 1.29 is 37.0 Å². The highest BCUT2D eigenvalue weighted by Crippen LogP contribution is 2.29. The van der Waals surface area contributed by atoms with E-state index in [4.69, 9.17) is 14.2 Å². The molecule has 0 bridgehead atoms. The van der Waals surface area contributed by atoms with Gasteiger partial charge in [-0.2, -0.15) is 13.2 Å². The molecule has 0 radical (unpaired) electrons. The van der Waals surface area contributed by atoms with Gasteiger partial charge in [-0.1, -0.05) is 18.2 Å². The van der Waals surface area contributed by atoms with Gasteiger partial charge >= 0.3 is 12.1 Å². The molecule has 9 heteroatoms. The molecule has 0 aromatic heterocycles. The first-order valence-electron chi connectivity index (χ1n) is 9.24. The molecule has 0 atom stereocenters.